The minimum Gasteiger partial charge on any atom is -0.358 e. The first-order valence-corrected chi connectivity index (χ1v) is 11.3. The second kappa shape index (κ2) is 7.19. The number of H-pyrrole nitrogens is 1. The number of aromatic amines is 1. The molecule has 0 saturated carbocycles. The van der Waals surface area contributed by atoms with E-state index in [0.29, 0.717) is 0 Å². The maximum Gasteiger partial charge on any atom is 0.113 e. The van der Waals surface area contributed by atoms with Crippen LogP contribution >= 0.6 is 22.7 Å². The van der Waals surface area contributed by atoms with Crippen molar-refractivity contribution in [3.8, 4) is 0 Å². The Labute approximate surface area is 180 Å². The van der Waals surface area contributed by atoms with E-state index in [1.807, 2.05) is 12.1 Å². The number of para-hydroxylation sites is 2. The molecule has 0 aliphatic carbocycles. The Kier molecular flexibility index (Phi) is 4.21. The normalized spacial score (nSPS) is 11.6. The molecule has 0 amide bonds. The molecule has 3 aromatic heterocycles. The number of hydrogen-bond donors (Lipinski definition) is 1. The van der Waals surface area contributed by atoms with Gasteiger partial charge in [0.05, 0.1) is 50.9 Å². The Bertz CT molecular complexity index is 1340. The van der Waals surface area contributed by atoms with E-state index in [1.54, 1.807) is 29.0 Å². The van der Waals surface area contributed by atoms with Crippen molar-refractivity contribution < 1.29 is 0 Å². The summed E-state index contributed by atoms with van der Waals surface area (Å²) in [7, 11) is 0. The van der Waals surface area contributed by atoms with Crippen LogP contribution in [0.25, 0.3) is 31.5 Å². The lowest BCUT2D eigenvalue weighted by Crippen LogP contribution is -2.21. The Morgan fingerprint density at radius 2 is 1.37 bits per heavy atom. The summed E-state index contributed by atoms with van der Waals surface area (Å²) in [6, 6.07) is 23.0. The van der Waals surface area contributed by atoms with E-state index in [0.717, 1.165) is 50.9 Å². The van der Waals surface area contributed by atoms with Gasteiger partial charge in [-0.2, -0.15) is 0 Å². The fourth-order valence-electron chi connectivity index (χ4n) is 3.66. The maximum absolute atomic E-state index is 4.85. The van der Waals surface area contributed by atoms with E-state index in [-0.39, 0.29) is 0 Å². The Balaban J connectivity index is 1.39. The van der Waals surface area contributed by atoms with Gasteiger partial charge in [0, 0.05) is 5.69 Å². The van der Waals surface area contributed by atoms with Gasteiger partial charge in [-0.25, -0.2) is 15.0 Å². The van der Waals surface area contributed by atoms with Gasteiger partial charge in [0.1, 0.15) is 10.0 Å². The summed E-state index contributed by atoms with van der Waals surface area (Å²) < 4.78 is 2.44. The smallest absolute Gasteiger partial charge is 0.113 e. The summed E-state index contributed by atoms with van der Waals surface area (Å²) in [5.41, 5.74) is 5.23. The molecular weight excluding hydrogens is 410 g/mol. The standard InChI is InChI=1S/C23H17N5S2/c1-3-7-20-17(5-1)26-22(29-20)12-28(15-9-10-16-19(11-15)25-14-24-16)13-23-27-18-6-2-4-8-21(18)30-23/h1-11,14H,12-13H2,(H,24,25). The second-order valence-electron chi connectivity index (χ2n) is 7.11. The van der Waals surface area contributed by atoms with Crippen molar-refractivity contribution in [3.63, 3.8) is 0 Å². The van der Waals surface area contributed by atoms with Crippen molar-refractivity contribution >= 4 is 59.8 Å². The van der Waals surface area contributed by atoms with Gasteiger partial charge < -0.3 is 9.88 Å². The summed E-state index contributed by atoms with van der Waals surface area (Å²) >= 11 is 3.50. The van der Waals surface area contributed by atoms with Crippen molar-refractivity contribution in [2.45, 2.75) is 13.1 Å². The molecule has 0 spiro atoms. The summed E-state index contributed by atoms with van der Waals surface area (Å²) in [5, 5.41) is 2.19. The van der Waals surface area contributed by atoms with Gasteiger partial charge in [-0.05, 0) is 42.5 Å². The molecule has 0 unspecified atom stereocenters. The van der Waals surface area contributed by atoms with Crippen LogP contribution in [0.5, 0.6) is 0 Å². The van der Waals surface area contributed by atoms with Gasteiger partial charge in [-0.15, -0.1) is 22.7 Å². The van der Waals surface area contributed by atoms with Crippen LogP contribution in [0.1, 0.15) is 10.0 Å². The van der Waals surface area contributed by atoms with Crippen LogP contribution in [-0.2, 0) is 13.1 Å². The molecule has 6 rings (SSSR count). The fourth-order valence-corrected chi connectivity index (χ4v) is 5.62. The quantitative estimate of drug-likeness (QED) is 0.367. The van der Waals surface area contributed by atoms with Crippen LogP contribution < -0.4 is 4.90 Å². The molecule has 7 heteroatoms. The largest absolute Gasteiger partial charge is 0.358 e. The molecule has 0 saturated heterocycles. The number of imidazole rings is 1. The van der Waals surface area contributed by atoms with Crippen LogP contribution in [0.15, 0.2) is 73.1 Å². The zero-order valence-electron chi connectivity index (χ0n) is 15.9. The predicted octanol–water partition coefficient (Wildman–Crippen LogP) is 5.99. The molecule has 0 radical (unpaired) electrons. The number of hydrogen-bond acceptors (Lipinski definition) is 6. The van der Waals surface area contributed by atoms with E-state index in [2.05, 4.69) is 69.5 Å². The van der Waals surface area contributed by atoms with E-state index < -0.39 is 0 Å². The van der Waals surface area contributed by atoms with Crippen molar-refractivity contribution in [3.05, 3.63) is 83.1 Å². The molecule has 5 nitrogen and oxygen atoms in total. The lowest BCUT2D eigenvalue weighted by Gasteiger charge is -2.22. The Hall–Kier alpha value is -3.29. The zero-order valence-corrected chi connectivity index (χ0v) is 17.6. The molecule has 3 aromatic carbocycles. The summed E-state index contributed by atoms with van der Waals surface area (Å²) in [4.78, 5) is 19.6. The van der Waals surface area contributed by atoms with Gasteiger partial charge >= 0.3 is 0 Å². The van der Waals surface area contributed by atoms with Gasteiger partial charge in [0.25, 0.3) is 0 Å². The molecule has 1 N–H and O–H groups in total. The zero-order chi connectivity index (χ0) is 19.9. The van der Waals surface area contributed by atoms with Crippen molar-refractivity contribution in [1.29, 1.82) is 0 Å². The third-order valence-electron chi connectivity index (χ3n) is 5.10. The summed E-state index contributed by atoms with van der Waals surface area (Å²) in [6.07, 6.45) is 1.74. The SMILES string of the molecule is c1ccc2sc(CN(Cc3nc4ccccc4s3)c3ccc4[nH]cnc4c3)nc2c1. The van der Waals surface area contributed by atoms with E-state index in [1.165, 1.54) is 9.40 Å². The third-order valence-corrected chi connectivity index (χ3v) is 7.14. The van der Waals surface area contributed by atoms with Gasteiger partial charge in [0.2, 0.25) is 0 Å². The van der Waals surface area contributed by atoms with Gasteiger partial charge in [-0.1, -0.05) is 24.3 Å². The monoisotopic (exact) mass is 427 g/mol. The first-order chi connectivity index (χ1) is 14.8. The number of nitrogens with one attached hydrogen (secondary N) is 1. The highest BCUT2D eigenvalue weighted by atomic mass is 32.1. The number of anilines is 1. The molecule has 0 bridgehead atoms. The number of benzene rings is 3. The molecule has 3 heterocycles. The maximum atomic E-state index is 4.85. The van der Waals surface area contributed by atoms with Crippen molar-refractivity contribution in [2.75, 3.05) is 4.90 Å². The first kappa shape index (κ1) is 17.6. The molecule has 0 aliphatic heterocycles. The number of fused-ring (bicyclic) bond motifs is 3. The van der Waals surface area contributed by atoms with Crippen LogP contribution in [0, 0.1) is 0 Å². The van der Waals surface area contributed by atoms with Gasteiger partial charge in [0.15, 0.2) is 0 Å². The van der Waals surface area contributed by atoms with Gasteiger partial charge in [-0.3, -0.25) is 0 Å². The number of nitrogens with zero attached hydrogens (tertiary/aromatic N) is 4. The molecule has 0 fully saturated rings. The topological polar surface area (TPSA) is 57.7 Å². The van der Waals surface area contributed by atoms with Crippen LogP contribution in [0.3, 0.4) is 0 Å². The first-order valence-electron chi connectivity index (χ1n) is 9.69. The number of thiazole rings is 2. The minimum absolute atomic E-state index is 0.727. The molecule has 146 valence electrons. The highest BCUT2D eigenvalue weighted by Crippen LogP contribution is 2.29. The molecule has 30 heavy (non-hydrogen) atoms. The van der Waals surface area contributed by atoms with Crippen molar-refractivity contribution in [2.24, 2.45) is 0 Å². The average Bonchev–Trinajstić information content (AvgIpc) is 3.49. The highest BCUT2D eigenvalue weighted by Gasteiger charge is 2.15. The molecular formula is C23H17N5S2. The number of rotatable bonds is 5. The molecule has 0 atom stereocenters. The van der Waals surface area contributed by atoms with E-state index >= 15 is 0 Å². The molecule has 6 aromatic rings. The second-order valence-corrected chi connectivity index (χ2v) is 9.34. The average molecular weight is 428 g/mol. The summed E-state index contributed by atoms with van der Waals surface area (Å²) in [6.45, 7) is 1.45. The lowest BCUT2D eigenvalue weighted by atomic mass is 10.2. The highest BCUT2D eigenvalue weighted by molar-refractivity contribution is 7.19. The van der Waals surface area contributed by atoms with Crippen LogP contribution in [0.2, 0.25) is 0 Å². The number of aromatic nitrogens is 4. The third kappa shape index (κ3) is 3.22. The Morgan fingerprint density at radius 3 is 2.00 bits per heavy atom. The molecule has 0 aliphatic rings. The minimum atomic E-state index is 0.727. The fraction of sp³-hybridized carbons (Fsp3) is 0.0870. The Morgan fingerprint density at radius 1 is 0.733 bits per heavy atom. The van der Waals surface area contributed by atoms with Crippen LogP contribution in [0.4, 0.5) is 5.69 Å². The van der Waals surface area contributed by atoms with Crippen molar-refractivity contribution in [1.82, 2.24) is 19.9 Å². The van der Waals surface area contributed by atoms with E-state index in [9.17, 15) is 0 Å². The lowest BCUT2D eigenvalue weighted by molar-refractivity contribution is 0.793. The summed E-state index contributed by atoms with van der Waals surface area (Å²) in [5.74, 6) is 0. The predicted molar refractivity (Wildman–Crippen MR) is 125 cm³/mol. The van der Waals surface area contributed by atoms with E-state index in [4.69, 9.17) is 9.97 Å². The van der Waals surface area contributed by atoms with Crippen LogP contribution in [-0.4, -0.2) is 19.9 Å².